The van der Waals surface area contributed by atoms with Crippen LogP contribution in [-0.4, -0.2) is 0 Å². The maximum absolute atomic E-state index is 2.38. The molecule has 2 aromatic rings. The van der Waals surface area contributed by atoms with Gasteiger partial charge < -0.3 is 0 Å². The molecule has 2 aromatic carbocycles. The summed E-state index contributed by atoms with van der Waals surface area (Å²) >= 11 is 0. The van der Waals surface area contributed by atoms with Crippen molar-refractivity contribution in [1.29, 1.82) is 0 Å². The van der Waals surface area contributed by atoms with E-state index >= 15 is 0 Å². The summed E-state index contributed by atoms with van der Waals surface area (Å²) in [5.41, 5.74) is 3.30. The molecule has 0 bridgehead atoms. The van der Waals surface area contributed by atoms with Crippen molar-refractivity contribution in [1.82, 2.24) is 0 Å². The van der Waals surface area contributed by atoms with Gasteiger partial charge >= 0.3 is 0 Å². The predicted molar refractivity (Wildman–Crippen MR) is 97.1 cm³/mol. The molecule has 0 aliphatic heterocycles. The van der Waals surface area contributed by atoms with E-state index in [4.69, 9.17) is 0 Å². The topological polar surface area (TPSA) is 0 Å². The minimum absolute atomic E-state index is 0.231. The van der Waals surface area contributed by atoms with Crippen LogP contribution in [0.25, 0.3) is 0 Å². The van der Waals surface area contributed by atoms with Crippen molar-refractivity contribution in [2.24, 2.45) is 16.7 Å². The molecule has 0 unspecified atom stereocenters. The fraction of sp³-hybridized carbons (Fsp3) is 0.455. The van der Waals surface area contributed by atoms with Crippen LogP contribution in [0.5, 0.6) is 0 Å². The second-order valence-corrected chi connectivity index (χ2v) is 8.51. The van der Waals surface area contributed by atoms with Crippen LogP contribution in [0.1, 0.15) is 58.6 Å². The van der Waals surface area contributed by atoms with Crippen molar-refractivity contribution >= 4 is 0 Å². The first kappa shape index (κ1) is 16.8. The van der Waals surface area contributed by atoms with E-state index in [1.54, 1.807) is 0 Å². The zero-order chi connectivity index (χ0) is 16.4. The fourth-order valence-electron chi connectivity index (χ4n) is 4.20. The molecule has 0 aliphatic carbocycles. The van der Waals surface area contributed by atoms with Gasteiger partial charge in [-0.25, -0.2) is 0 Å². The summed E-state index contributed by atoms with van der Waals surface area (Å²) < 4.78 is 0. The minimum Gasteiger partial charge on any atom is -0.0622 e. The number of hydrogen-bond acceptors (Lipinski definition) is 0. The highest BCUT2D eigenvalue weighted by Crippen LogP contribution is 2.50. The quantitative estimate of drug-likeness (QED) is 0.604. The Bertz CT molecular complexity index is 513. The largest absolute Gasteiger partial charge is 0.0622 e. The molecular weight excluding hydrogens is 264 g/mol. The first-order valence-electron chi connectivity index (χ1n) is 8.31. The molecule has 0 amide bonds. The molecule has 0 radical (unpaired) electrons. The van der Waals surface area contributed by atoms with Gasteiger partial charge in [-0.15, -0.1) is 0 Å². The first-order chi connectivity index (χ1) is 10.2. The van der Waals surface area contributed by atoms with E-state index in [2.05, 4.69) is 102 Å². The second-order valence-electron chi connectivity index (χ2n) is 8.51. The average Bonchev–Trinajstić information content (AvgIpc) is 2.44. The normalized spacial score (nSPS) is 12.9. The van der Waals surface area contributed by atoms with E-state index in [0.29, 0.717) is 11.8 Å². The summed E-state index contributed by atoms with van der Waals surface area (Å²) in [5.74, 6) is 0.965. The molecule has 0 nitrogen and oxygen atoms in total. The molecule has 0 N–H and O–H groups in total. The Kier molecular flexibility index (Phi) is 4.80. The van der Waals surface area contributed by atoms with Gasteiger partial charge in [0, 0.05) is 5.92 Å². The summed E-state index contributed by atoms with van der Waals surface area (Å²) in [4.78, 5) is 0. The van der Waals surface area contributed by atoms with Gasteiger partial charge in [-0.1, -0.05) is 102 Å². The maximum Gasteiger partial charge on any atom is 0.0128 e. The SMILES string of the molecule is CC(C)(C)C(C(c1ccccc1)c1ccccc1)C(C)(C)C. The molecule has 0 aliphatic rings. The third-order valence-corrected chi connectivity index (χ3v) is 4.52. The molecule has 2 rings (SSSR count). The van der Waals surface area contributed by atoms with Gasteiger partial charge in [0.1, 0.15) is 0 Å². The number of rotatable bonds is 3. The molecular formula is C22H30. The Morgan fingerprint density at radius 2 is 0.864 bits per heavy atom. The lowest BCUT2D eigenvalue weighted by Crippen LogP contribution is -2.37. The van der Waals surface area contributed by atoms with Crippen LogP contribution in [0.2, 0.25) is 0 Å². The highest BCUT2D eigenvalue weighted by molar-refractivity contribution is 5.34. The van der Waals surface area contributed by atoms with Crippen LogP contribution in [-0.2, 0) is 0 Å². The van der Waals surface area contributed by atoms with E-state index in [1.165, 1.54) is 11.1 Å². The Labute approximate surface area is 136 Å². The van der Waals surface area contributed by atoms with E-state index in [0.717, 1.165) is 0 Å². The van der Waals surface area contributed by atoms with Gasteiger partial charge in [-0.2, -0.15) is 0 Å². The van der Waals surface area contributed by atoms with Crippen molar-refractivity contribution in [3.05, 3.63) is 71.8 Å². The van der Waals surface area contributed by atoms with E-state index in [9.17, 15) is 0 Å². The van der Waals surface area contributed by atoms with E-state index in [1.807, 2.05) is 0 Å². The average molecular weight is 294 g/mol. The molecule has 22 heavy (non-hydrogen) atoms. The van der Waals surface area contributed by atoms with E-state index < -0.39 is 0 Å². The zero-order valence-corrected chi connectivity index (χ0v) is 14.9. The monoisotopic (exact) mass is 294 g/mol. The molecule has 0 aromatic heterocycles. The second kappa shape index (κ2) is 6.28. The van der Waals surface area contributed by atoms with Crippen molar-refractivity contribution < 1.29 is 0 Å². The number of benzene rings is 2. The van der Waals surface area contributed by atoms with Gasteiger partial charge in [0.05, 0.1) is 0 Å². The predicted octanol–water partition coefficient (Wildman–Crippen LogP) is 6.53. The first-order valence-corrected chi connectivity index (χ1v) is 8.31. The molecule has 0 heteroatoms. The van der Waals surface area contributed by atoms with Crippen LogP contribution in [0, 0.1) is 16.7 Å². The van der Waals surface area contributed by atoms with Gasteiger partial charge in [-0.3, -0.25) is 0 Å². The Morgan fingerprint density at radius 3 is 1.14 bits per heavy atom. The maximum atomic E-state index is 2.38. The summed E-state index contributed by atoms with van der Waals surface area (Å²) in [6.45, 7) is 14.3. The van der Waals surface area contributed by atoms with E-state index in [-0.39, 0.29) is 10.8 Å². The van der Waals surface area contributed by atoms with Gasteiger partial charge in [0.15, 0.2) is 0 Å². The standard InChI is InChI=1S/C22H30/c1-21(2,3)20(22(4,5)6)19(17-13-9-7-10-14-17)18-15-11-8-12-16-18/h7-16,19-20H,1-6H3. The molecule has 0 atom stereocenters. The molecule has 0 spiro atoms. The lowest BCUT2D eigenvalue weighted by Gasteiger charge is -2.46. The van der Waals surface area contributed by atoms with Gasteiger partial charge in [0.25, 0.3) is 0 Å². The molecule has 0 saturated heterocycles. The third kappa shape index (κ3) is 3.80. The van der Waals surface area contributed by atoms with Crippen LogP contribution < -0.4 is 0 Å². The highest BCUT2D eigenvalue weighted by Gasteiger charge is 2.41. The summed E-state index contributed by atoms with van der Waals surface area (Å²) in [7, 11) is 0. The molecule has 118 valence electrons. The van der Waals surface area contributed by atoms with Gasteiger partial charge in [0.2, 0.25) is 0 Å². The molecule has 0 saturated carbocycles. The lowest BCUT2D eigenvalue weighted by molar-refractivity contribution is 0.0853. The number of hydrogen-bond donors (Lipinski definition) is 0. The Hall–Kier alpha value is -1.56. The van der Waals surface area contributed by atoms with Crippen molar-refractivity contribution in [3.8, 4) is 0 Å². The smallest absolute Gasteiger partial charge is 0.0128 e. The van der Waals surface area contributed by atoms with Crippen molar-refractivity contribution in [2.75, 3.05) is 0 Å². The Morgan fingerprint density at radius 1 is 0.545 bits per heavy atom. The van der Waals surface area contributed by atoms with Crippen LogP contribution in [0.3, 0.4) is 0 Å². The van der Waals surface area contributed by atoms with Crippen molar-refractivity contribution in [3.63, 3.8) is 0 Å². The highest BCUT2D eigenvalue weighted by atomic mass is 14.5. The zero-order valence-electron chi connectivity index (χ0n) is 14.9. The van der Waals surface area contributed by atoms with Crippen LogP contribution >= 0.6 is 0 Å². The van der Waals surface area contributed by atoms with Crippen LogP contribution in [0.4, 0.5) is 0 Å². The third-order valence-electron chi connectivity index (χ3n) is 4.52. The lowest BCUT2D eigenvalue weighted by atomic mass is 9.58. The summed E-state index contributed by atoms with van der Waals surface area (Å²) in [5, 5.41) is 0. The summed E-state index contributed by atoms with van der Waals surface area (Å²) in [6, 6.07) is 22.0. The van der Waals surface area contributed by atoms with Crippen molar-refractivity contribution in [2.45, 2.75) is 47.5 Å². The fourth-order valence-corrected chi connectivity index (χ4v) is 4.20. The molecule has 0 heterocycles. The molecule has 0 fully saturated rings. The van der Waals surface area contributed by atoms with Gasteiger partial charge in [-0.05, 0) is 27.9 Å². The summed E-state index contributed by atoms with van der Waals surface area (Å²) in [6.07, 6.45) is 0. The van der Waals surface area contributed by atoms with Crippen LogP contribution in [0.15, 0.2) is 60.7 Å². The minimum atomic E-state index is 0.231. The Balaban J connectivity index is 2.62.